The average Bonchev–Trinajstić information content (AvgIpc) is 3.53. The van der Waals surface area contributed by atoms with E-state index in [1.54, 1.807) is 19.3 Å². The molecule has 2 saturated heterocycles. The zero-order valence-corrected chi connectivity index (χ0v) is 23.4. The van der Waals surface area contributed by atoms with Crippen LogP contribution in [0.25, 0.3) is 5.70 Å². The van der Waals surface area contributed by atoms with Gasteiger partial charge in [0, 0.05) is 32.5 Å². The number of aliphatic hydroxyl groups is 5. The summed E-state index contributed by atoms with van der Waals surface area (Å²) in [4.78, 5) is 22.3. The van der Waals surface area contributed by atoms with Gasteiger partial charge in [0.1, 0.15) is 11.1 Å². The minimum Gasteiger partial charge on any atom is -0.400 e. The average molecular weight is 575 g/mol. The van der Waals surface area contributed by atoms with Gasteiger partial charge in [0.05, 0.1) is 70.4 Å². The second-order valence-corrected chi connectivity index (χ2v) is 10.9. The van der Waals surface area contributed by atoms with Crippen molar-refractivity contribution in [2.24, 2.45) is 5.73 Å². The van der Waals surface area contributed by atoms with Gasteiger partial charge < -0.3 is 46.1 Å². The fourth-order valence-corrected chi connectivity index (χ4v) is 5.33. The Bertz CT molecular complexity index is 1020. The van der Waals surface area contributed by atoms with Crippen LogP contribution >= 0.6 is 22.7 Å². The number of thiazole rings is 2. The van der Waals surface area contributed by atoms with E-state index in [0.29, 0.717) is 45.7 Å². The van der Waals surface area contributed by atoms with E-state index in [0.717, 1.165) is 25.0 Å². The number of ether oxygens (including phenoxy) is 2. The summed E-state index contributed by atoms with van der Waals surface area (Å²) in [5.74, 6) is -0.0919. The van der Waals surface area contributed by atoms with Gasteiger partial charge in [0.25, 0.3) is 0 Å². The highest BCUT2D eigenvalue weighted by Crippen LogP contribution is 2.26. The van der Waals surface area contributed by atoms with Crippen LogP contribution in [-0.2, 0) is 9.47 Å². The number of carbonyl (C=O) groups excluding carboxylic acids is 1. The van der Waals surface area contributed by atoms with Crippen molar-refractivity contribution in [3.05, 3.63) is 37.9 Å². The van der Waals surface area contributed by atoms with E-state index in [-0.39, 0.29) is 37.3 Å². The molecule has 4 rings (SSSR count). The standard InChI is InChI=1S/C17H22N4O4S2.C6H12O3.CH4O/c1-8-16(15(24)14-6-20-9(2)26-14)27-17(21-8)11(18)5-19-4-10-3-12(22)13(23)7-25-10;7-3-6-2-1-5(8)4-9-6;1-2/h5-6,10,12-13,19,22-23H,3-4,7,18H2,1-2H3;5-8H,1-4H2;2H,1H3/b11-5-;;. The Hall–Kier alpha value is -2.01. The van der Waals surface area contributed by atoms with Gasteiger partial charge in [-0.25, -0.2) is 9.97 Å². The molecule has 12 nitrogen and oxygen atoms in total. The summed E-state index contributed by atoms with van der Waals surface area (Å²) in [6, 6.07) is 0. The van der Waals surface area contributed by atoms with Crippen molar-refractivity contribution < 1.29 is 39.8 Å². The van der Waals surface area contributed by atoms with E-state index in [2.05, 4.69) is 15.3 Å². The first kappa shape index (κ1) is 32.2. The molecule has 4 heterocycles. The molecule has 0 saturated carbocycles. The molecular formula is C24H38N4O8S2. The van der Waals surface area contributed by atoms with Crippen molar-refractivity contribution >= 4 is 34.2 Å². The van der Waals surface area contributed by atoms with Crippen LogP contribution in [-0.4, -0.2) is 105 Å². The minimum absolute atomic E-state index is 0.0339. The van der Waals surface area contributed by atoms with Crippen LogP contribution in [0.5, 0.6) is 0 Å². The predicted octanol–water partition coefficient (Wildman–Crippen LogP) is -0.0681. The summed E-state index contributed by atoms with van der Waals surface area (Å²) in [7, 11) is 1.00. The molecule has 0 bridgehead atoms. The fourth-order valence-electron chi connectivity index (χ4n) is 3.59. The molecule has 5 unspecified atom stereocenters. The molecule has 0 aliphatic carbocycles. The SMILES string of the molecule is CO.Cc1ncc(C(=O)c2sc(/C(N)=C/NCC3CC(O)C(O)CO3)nc2C)s1.OCC1CCC(O)CO1. The summed E-state index contributed by atoms with van der Waals surface area (Å²) in [5.41, 5.74) is 7.13. The monoisotopic (exact) mass is 574 g/mol. The quantitative estimate of drug-likeness (QED) is 0.217. The summed E-state index contributed by atoms with van der Waals surface area (Å²) in [6.07, 6.45) is 2.91. The lowest BCUT2D eigenvalue weighted by atomic mass is 10.0. The first-order valence-electron chi connectivity index (χ1n) is 12.1. The molecule has 214 valence electrons. The van der Waals surface area contributed by atoms with Crippen molar-refractivity contribution in [2.45, 2.75) is 63.6 Å². The molecule has 2 aliphatic heterocycles. The van der Waals surface area contributed by atoms with Gasteiger partial charge in [0.2, 0.25) is 5.78 Å². The smallest absolute Gasteiger partial charge is 0.216 e. The van der Waals surface area contributed by atoms with Gasteiger partial charge in [-0.1, -0.05) is 0 Å². The van der Waals surface area contributed by atoms with Crippen LogP contribution in [0.4, 0.5) is 0 Å². The number of hydrogen-bond acceptors (Lipinski definition) is 14. The van der Waals surface area contributed by atoms with Crippen LogP contribution in [0.1, 0.15) is 49.5 Å². The molecular weight excluding hydrogens is 536 g/mol. The Labute approximate surface area is 229 Å². The molecule has 8 N–H and O–H groups in total. The maximum Gasteiger partial charge on any atom is 0.216 e. The fraction of sp³-hybridized carbons (Fsp3) is 0.625. The number of rotatable bonds is 7. The van der Waals surface area contributed by atoms with E-state index in [1.807, 2.05) is 6.92 Å². The molecule has 2 aliphatic rings. The molecule has 2 aromatic heterocycles. The maximum absolute atomic E-state index is 12.6. The highest BCUT2D eigenvalue weighted by molar-refractivity contribution is 7.17. The Morgan fingerprint density at radius 2 is 1.84 bits per heavy atom. The summed E-state index contributed by atoms with van der Waals surface area (Å²) in [5, 5.41) is 48.1. The van der Waals surface area contributed by atoms with E-state index in [9.17, 15) is 15.0 Å². The number of ketones is 1. The van der Waals surface area contributed by atoms with E-state index in [1.165, 1.54) is 22.7 Å². The van der Waals surface area contributed by atoms with Gasteiger partial charge in [-0.15, -0.1) is 22.7 Å². The van der Waals surface area contributed by atoms with Gasteiger partial charge in [-0.05, 0) is 26.7 Å². The van der Waals surface area contributed by atoms with Crippen LogP contribution in [0.2, 0.25) is 0 Å². The van der Waals surface area contributed by atoms with Crippen LogP contribution in [0, 0.1) is 13.8 Å². The first-order valence-corrected chi connectivity index (χ1v) is 13.8. The third kappa shape index (κ3) is 9.63. The van der Waals surface area contributed by atoms with Crippen LogP contribution < -0.4 is 11.1 Å². The highest BCUT2D eigenvalue weighted by Gasteiger charge is 2.28. The molecule has 14 heteroatoms. The van der Waals surface area contributed by atoms with Crippen LogP contribution in [0.3, 0.4) is 0 Å². The number of aromatic nitrogens is 2. The number of carbonyl (C=O) groups is 1. The molecule has 2 aromatic rings. The largest absolute Gasteiger partial charge is 0.400 e. The molecule has 0 spiro atoms. The number of nitrogens with one attached hydrogen (secondary N) is 1. The van der Waals surface area contributed by atoms with Crippen molar-refractivity contribution in [3.8, 4) is 0 Å². The number of aliphatic hydroxyl groups excluding tert-OH is 5. The number of nitrogens with zero attached hydrogens (tertiary/aromatic N) is 2. The lowest BCUT2D eigenvalue weighted by molar-refractivity contribution is -0.118. The Morgan fingerprint density at radius 1 is 1.13 bits per heavy atom. The van der Waals surface area contributed by atoms with Gasteiger partial charge in [0.15, 0.2) is 0 Å². The van der Waals surface area contributed by atoms with Gasteiger partial charge in [-0.2, -0.15) is 0 Å². The second kappa shape index (κ2) is 16.2. The number of aryl methyl sites for hydroxylation is 2. The second-order valence-electron chi connectivity index (χ2n) is 8.71. The predicted molar refractivity (Wildman–Crippen MR) is 144 cm³/mol. The van der Waals surface area contributed by atoms with E-state index >= 15 is 0 Å². The molecule has 2 fully saturated rings. The molecule has 0 aromatic carbocycles. The summed E-state index contributed by atoms with van der Waals surface area (Å²) < 4.78 is 10.5. The third-order valence-corrected chi connectivity index (χ3v) is 7.82. The molecule has 5 atom stereocenters. The highest BCUT2D eigenvalue weighted by atomic mass is 32.1. The van der Waals surface area contributed by atoms with E-state index in [4.69, 9.17) is 30.5 Å². The maximum atomic E-state index is 12.6. The first-order chi connectivity index (χ1) is 18.2. The lowest BCUT2D eigenvalue weighted by Crippen LogP contribution is -2.44. The summed E-state index contributed by atoms with van der Waals surface area (Å²) >= 11 is 2.60. The topological polar surface area (TPSA) is 201 Å². The number of hydrogen-bond donors (Lipinski definition) is 7. The van der Waals surface area contributed by atoms with Gasteiger partial charge in [-0.3, -0.25) is 4.79 Å². The van der Waals surface area contributed by atoms with Crippen molar-refractivity contribution in [1.29, 1.82) is 0 Å². The molecule has 0 radical (unpaired) electrons. The Morgan fingerprint density at radius 3 is 2.42 bits per heavy atom. The van der Waals surface area contributed by atoms with E-state index < -0.39 is 12.2 Å². The van der Waals surface area contributed by atoms with Crippen molar-refractivity contribution in [2.75, 3.05) is 33.5 Å². The third-order valence-electron chi connectivity index (χ3n) is 5.70. The van der Waals surface area contributed by atoms with Gasteiger partial charge >= 0.3 is 0 Å². The Balaban J connectivity index is 0.000000387. The molecule has 38 heavy (non-hydrogen) atoms. The zero-order chi connectivity index (χ0) is 28.2. The Kier molecular flexibility index (Phi) is 13.7. The van der Waals surface area contributed by atoms with Crippen molar-refractivity contribution in [3.63, 3.8) is 0 Å². The van der Waals surface area contributed by atoms with Crippen LogP contribution in [0.15, 0.2) is 12.4 Å². The normalized spacial score (nSPS) is 25.5. The lowest BCUT2D eigenvalue weighted by Gasteiger charge is -2.30. The van der Waals surface area contributed by atoms with Crippen molar-refractivity contribution in [1.82, 2.24) is 15.3 Å². The molecule has 0 amide bonds. The zero-order valence-electron chi connectivity index (χ0n) is 21.7. The minimum atomic E-state index is -0.835. The summed E-state index contributed by atoms with van der Waals surface area (Å²) in [6.45, 7) is 4.65. The number of nitrogens with two attached hydrogens (primary N) is 1.